The molecule has 160 valence electrons. The van der Waals surface area contributed by atoms with Crippen LogP contribution in [0.25, 0.3) is 0 Å². The fourth-order valence-corrected chi connectivity index (χ4v) is 3.37. The third-order valence-corrected chi connectivity index (χ3v) is 4.96. The predicted octanol–water partition coefficient (Wildman–Crippen LogP) is 4.71. The van der Waals surface area contributed by atoms with E-state index in [2.05, 4.69) is 5.32 Å². The lowest BCUT2D eigenvalue weighted by Gasteiger charge is -2.33. The average molecular weight is 426 g/mol. The first-order valence-corrected chi connectivity index (χ1v) is 9.33. The zero-order valence-corrected chi connectivity index (χ0v) is 16.0. The largest absolute Gasteiger partial charge is 0.352 e. The minimum atomic E-state index is -4.17. The van der Waals surface area contributed by atoms with Gasteiger partial charge in [0, 0.05) is 30.4 Å². The van der Waals surface area contributed by atoms with E-state index in [1.54, 1.807) is 0 Å². The molecule has 1 N–H and O–H groups in total. The Morgan fingerprint density at radius 2 is 1.73 bits per heavy atom. The van der Waals surface area contributed by atoms with Crippen LogP contribution in [0.3, 0.4) is 0 Å². The molecule has 1 unspecified atom stereocenters. The summed E-state index contributed by atoms with van der Waals surface area (Å²) in [6.07, 6.45) is 1.38. The molecule has 1 aliphatic heterocycles. The number of alkyl halides is 2. The normalized spacial score (nSPS) is 17.0. The summed E-state index contributed by atoms with van der Waals surface area (Å²) in [6.45, 7) is 2.13. The minimum absolute atomic E-state index is 0.0524. The highest BCUT2D eigenvalue weighted by Gasteiger charge is 2.46. The second-order valence-corrected chi connectivity index (χ2v) is 7.35. The number of piperidine rings is 1. The summed E-state index contributed by atoms with van der Waals surface area (Å²) >= 11 is 0. The predicted molar refractivity (Wildman–Crippen MR) is 99.6 cm³/mol. The Kier molecular flexibility index (Phi) is 6.09. The van der Waals surface area contributed by atoms with E-state index in [1.165, 1.54) is 0 Å². The van der Waals surface area contributed by atoms with E-state index in [-0.39, 0.29) is 30.3 Å². The molecule has 2 amide bonds. The van der Waals surface area contributed by atoms with Crippen LogP contribution in [0.15, 0.2) is 36.4 Å². The fourth-order valence-electron chi connectivity index (χ4n) is 3.37. The van der Waals surface area contributed by atoms with Crippen molar-refractivity contribution in [3.63, 3.8) is 0 Å². The van der Waals surface area contributed by atoms with Crippen LogP contribution >= 0.6 is 0 Å². The molecular formula is C21H19F5N2O2. The Balaban J connectivity index is 1.85. The van der Waals surface area contributed by atoms with Gasteiger partial charge in [0.15, 0.2) is 11.6 Å². The number of halogens is 5. The summed E-state index contributed by atoms with van der Waals surface area (Å²) in [4.78, 5) is 25.7. The molecule has 1 fully saturated rings. The van der Waals surface area contributed by atoms with Gasteiger partial charge in [0.1, 0.15) is 5.82 Å². The third kappa shape index (κ3) is 4.44. The summed E-state index contributed by atoms with van der Waals surface area (Å²) in [5.74, 6) is -10.2. The number of likely N-dealkylation sites (tertiary alicyclic amines) is 1. The Morgan fingerprint density at radius 3 is 2.40 bits per heavy atom. The van der Waals surface area contributed by atoms with E-state index >= 15 is 0 Å². The fraction of sp³-hybridized carbons (Fsp3) is 0.333. The Morgan fingerprint density at radius 1 is 1.03 bits per heavy atom. The van der Waals surface area contributed by atoms with Crippen LogP contribution in [0.1, 0.15) is 35.7 Å². The van der Waals surface area contributed by atoms with Crippen molar-refractivity contribution in [2.75, 3.05) is 18.4 Å². The highest BCUT2D eigenvalue weighted by atomic mass is 19.3. The maximum atomic E-state index is 14.8. The number of nitrogens with one attached hydrogen (secondary N) is 1. The van der Waals surface area contributed by atoms with E-state index in [9.17, 15) is 31.5 Å². The molecule has 1 atom stereocenters. The molecule has 0 aliphatic carbocycles. The molecule has 1 aliphatic rings. The van der Waals surface area contributed by atoms with Gasteiger partial charge in [-0.05, 0) is 49.1 Å². The summed E-state index contributed by atoms with van der Waals surface area (Å²) in [5.41, 5.74) is -1.70. The second-order valence-electron chi connectivity index (χ2n) is 7.35. The van der Waals surface area contributed by atoms with Gasteiger partial charge >= 0.3 is 5.92 Å². The molecule has 4 nitrogen and oxygen atoms in total. The molecule has 0 radical (unpaired) electrons. The van der Waals surface area contributed by atoms with Gasteiger partial charge < -0.3 is 10.2 Å². The first kappa shape index (κ1) is 21.7. The van der Waals surface area contributed by atoms with Crippen LogP contribution in [-0.2, 0) is 10.7 Å². The molecule has 3 rings (SSSR count). The van der Waals surface area contributed by atoms with E-state index in [4.69, 9.17) is 0 Å². The van der Waals surface area contributed by atoms with Crippen molar-refractivity contribution in [2.24, 2.45) is 5.92 Å². The number of hydrogen-bond donors (Lipinski definition) is 1. The van der Waals surface area contributed by atoms with Gasteiger partial charge in [0.2, 0.25) is 0 Å². The van der Waals surface area contributed by atoms with Crippen LogP contribution in [0.2, 0.25) is 0 Å². The molecule has 30 heavy (non-hydrogen) atoms. The molecule has 0 saturated carbocycles. The number of benzene rings is 2. The van der Waals surface area contributed by atoms with Crippen LogP contribution in [0.5, 0.6) is 0 Å². The number of rotatable bonds is 4. The van der Waals surface area contributed by atoms with Crippen molar-refractivity contribution in [3.8, 4) is 0 Å². The van der Waals surface area contributed by atoms with E-state index in [1.807, 2.05) is 6.92 Å². The van der Waals surface area contributed by atoms with E-state index in [0.29, 0.717) is 24.6 Å². The van der Waals surface area contributed by atoms with Gasteiger partial charge in [-0.1, -0.05) is 6.92 Å². The maximum absolute atomic E-state index is 14.8. The molecule has 2 aromatic carbocycles. The van der Waals surface area contributed by atoms with Gasteiger partial charge in [-0.3, -0.25) is 9.59 Å². The van der Waals surface area contributed by atoms with Crippen molar-refractivity contribution in [1.29, 1.82) is 0 Å². The van der Waals surface area contributed by atoms with Crippen molar-refractivity contribution in [1.82, 2.24) is 4.90 Å². The summed E-state index contributed by atoms with van der Waals surface area (Å²) < 4.78 is 70.1. The minimum Gasteiger partial charge on any atom is -0.337 e. The molecule has 1 saturated heterocycles. The zero-order chi connectivity index (χ0) is 22.1. The quantitative estimate of drug-likeness (QED) is 0.721. The van der Waals surface area contributed by atoms with Crippen molar-refractivity contribution in [2.45, 2.75) is 25.7 Å². The van der Waals surface area contributed by atoms with Crippen LogP contribution < -0.4 is 5.32 Å². The number of amides is 2. The molecule has 1 heterocycles. The van der Waals surface area contributed by atoms with Gasteiger partial charge in [-0.2, -0.15) is 8.78 Å². The summed E-state index contributed by atoms with van der Waals surface area (Å²) in [7, 11) is 0. The highest BCUT2D eigenvalue weighted by molar-refractivity contribution is 6.04. The average Bonchev–Trinajstić information content (AvgIpc) is 2.70. The summed E-state index contributed by atoms with van der Waals surface area (Å²) in [6, 6.07) is 4.79. The van der Waals surface area contributed by atoms with Crippen LogP contribution in [-0.4, -0.2) is 29.8 Å². The maximum Gasteiger partial charge on any atom is 0.352 e. The van der Waals surface area contributed by atoms with Crippen molar-refractivity contribution in [3.05, 3.63) is 65.0 Å². The number of nitrogens with zero attached hydrogens (tertiary/aromatic N) is 1. The Hall–Kier alpha value is -2.97. The number of hydrogen-bond acceptors (Lipinski definition) is 2. The molecule has 0 spiro atoms. The molecule has 0 aromatic heterocycles. The van der Waals surface area contributed by atoms with Gasteiger partial charge in [-0.25, -0.2) is 13.2 Å². The topological polar surface area (TPSA) is 49.4 Å². The van der Waals surface area contributed by atoms with E-state index in [0.717, 1.165) is 29.5 Å². The zero-order valence-electron chi connectivity index (χ0n) is 16.0. The van der Waals surface area contributed by atoms with Gasteiger partial charge in [0.25, 0.3) is 11.8 Å². The number of anilines is 1. The molecule has 0 bridgehead atoms. The summed E-state index contributed by atoms with van der Waals surface area (Å²) in [5, 5.41) is 2.21. The van der Waals surface area contributed by atoms with Crippen molar-refractivity contribution < 1.29 is 31.5 Å². The SMILES string of the molecule is CC1CCCN(C(=O)C(F)(F)c2cc(C(=O)Nc3ccc(F)c(F)c3)ccc2F)C1. The molecule has 2 aromatic rings. The number of carbonyl (C=O) groups is 2. The monoisotopic (exact) mass is 426 g/mol. The standard InChI is InChI=1S/C21H19F5N2O2/c1-12-3-2-8-28(11-12)20(30)21(25,26)15-9-13(4-6-16(15)22)19(29)27-14-5-7-17(23)18(24)10-14/h4-7,9-10,12H,2-3,8,11H2,1H3,(H,27,29). The Bertz CT molecular complexity index is 980. The second kappa shape index (κ2) is 8.41. The third-order valence-electron chi connectivity index (χ3n) is 4.96. The van der Waals surface area contributed by atoms with Crippen LogP contribution in [0, 0.1) is 23.4 Å². The first-order valence-electron chi connectivity index (χ1n) is 9.33. The molecular weight excluding hydrogens is 407 g/mol. The molecule has 9 heteroatoms. The van der Waals surface area contributed by atoms with Crippen molar-refractivity contribution >= 4 is 17.5 Å². The van der Waals surface area contributed by atoms with Crippen LogP contribution in [0.4, 0.5) is 27.6 Å². The van der Waals surface area contributed by atoms with E-state index < -0.39 is 40.8 Å². The van der Waals surface area contributed by atoms with Gasteiger partial charge in [-0.15, -0.1) is 0 Å². The highest BCUT2D eigenvalue weighted by Crippen LogP contribution is 2.34. The lowest BCUT2D eigenvalue weighted by molar-refractivity contribution is -0.161. The number of carbonyl (C=O) groups excluding carboxylic acids is 2. The van der Waals surface area contributed by atoms with Gasteiger partial charge in [0.05, 0.1) is 5.56 Å². The smallest absolute Gasteiger partial charge is 0.337 e. The lowest BCUT2D eigenvalue weighted by Crippen LogP contribution is -2.46. The first-order chi connectivity index (χ1) is 14.1. The lowest BCUT2D eigenvalue weighted by atomic mass is 9.97. The Labute approximate surface area is 169 Å².